The first-order valence-corrected chi connectivity index (χ1v) is 22.7. The molecule has 0 spiro atoms. The number of carbonyl (C=O) groups is 2. The Morgan fingerprint density at radius 2 is 1.04 bits per heavy atom. The fraction of sp³-hybridized carbons (Fsp3) is 0.787. The molecule has 0 aromatic carbocycles. The van der Waals surface area contributed by atoms with E-state index in [0.29, 0.717) is 12.8 Å². The summed E-state index contributed by atoms with van der Waals surface area (Å²) in [7, 11) is 0. The predicted octanol–water partition coefficient (Wildman–Crippen LogP) is 9.67. The number of ether oxygens (including phenoxy) is 4. The van der Waals surface area contributed by atoms with Crippen LogP contribution >= 0.6 is 0 Å². The van der Waals surface area contributed by atoms with Crippen LogP contribution in [0.2, 0.25) is 0 Å². The van der Waals surface area contributed by atoms with Crippen LogP contribution in [0, 0.1) is 0 Å². The number of carbonyl (C=O) groups excluding carboxylic acids is 2. The Bertz CT molecular complexity index is 1070. The molecule has 0 aromatic heterocycles. The maximum absolute atomic E-state index is 12.8. The Hall–Kier alpha value is -2.34. The van der Waals surface area contributed by atoms with Crippen molar-refractivity contribution >= 4 is 11.9 Å². The maximum atomic E-state index is 12.8. The molecule has 1 heterocycles. The molecule has 0 aromatic rings. The van der Waals surface area contributed by atoms with E-state index in [4.69, 9.17) is 18.9 Å². The van der Waals surface area contributed by atoms with Crippen LogP contribution in [0.4, 0.5) is 0 Å². The van der Waals surface area contributed by atoms with Crippen molar-refractivity contribution in [1.29, 1.82) is 0 Å². The predicted molar refractivity (Wildman–Crippen MR) is 229 cm³/mol. The van der Waals surface area contributed by atoms with Crippen molar-refractivity contribution in [2.24, 2.45) is 0 Å². The van der Waals surface area contributed by atoms with Gasteiger partial charge in [-0.05, 0) is 70.6 Å². The van der Waals surface area contributed by atoms with Gasteiger partial charge in [0.25, 0.3) is 0 Å². The van der Waals surface area contributed by atoms with E-state index in [2.05, 4.69) is 62.5 Å². The average Bonchev–Trinajstić information content (AvgIpc) is 3.21. The molecule has 0 aliphatic carbocycles. The van der Waals surface area contributed by atoms with Crippen LogP contribution in [0.1, 0.15) is 181 Å². The molecule has 1 fully saturated rings. The highest BCUT2D eigenvalue weighted by Crippen LogP contribution is 2.22. The first kappa shape index (κ1) is 52.7. The van der Waals surface area contributed by atoms with E-state index in [0.717, 1.165) is 77.0 Å². The molecular weight excluding hydrogens is 725 g/mol. The molecule has 1 aliphatic heterocycles. The van der Waals surface area contributed by atoms with E-state index in [1.807, 2.05) is 0 Å². The van der Waals surface area contributed by atoms with E-state index >= 15 is 0 Å². The largest absolute Gasteiger partial charge is 0.462 e. The van der Waals surface area contributed by atoms with Gasteiger partial charge in [0.1, 0.15) is 31.0 Å². The zero-order chi connectivity index (χ0) is 41.6. The first-order valence-electron chi connectivity index (χ1n) is 22.7. The second-order valence-electron chi connectivity index (χ2n) is 15.5. The second-order valence-corrected chi connectivity index (χ2v) is 15.5. The average molecular weight is 807 g/mol. The monoisotopic (exact) mass is 807 g/mol. The van der Waals surface area contributed by atoms with Crippen LogP contribution in [0.3, 0.4) is 0 Å². The molecule has 0 saturated carbocycles. The van der Waals surface area contributed by atoms with Gasteiger partial charge in [0.05, 0.1) is 13.2 Å². The van der Waals surface area contributed by atoms with Gasteiger partial charge in [0.15, 0.2) is 12.4 Å². The van der Waals surface area contributed by atoms with Crippen molar-refractivity contribution in [2.75, 3.05) is 19.8 Å². The van der Waals surface area contributed by atoms with Gasteiger partial charge >= 0.3 is 11.9 Å². The Kier molecular flexibility index (Phi) is 35.0. The van der Waals surface area contributed by atoms with E-state index in [9.17, 15) is 30.0 Å². The summed E-state index contributed by atoms with van der Waals surface area (Å²) in [6, 6.07) is 0. The number of aliphatic hydroxyl groups excluding tert-OH is 4. The van der Waals surface area contributed by atoms with Gasteiger partial charge in [-0.2, -0.15) is 0 Å². The van der Waals surface area contributed by atoms with Gasteiger partial charge in [0, 0.05) is 12.8 Å². The first-order chi connectivity index (χ1) is 27.8. The molecule has 0 amide bonds. The van der Waals surface area contributed by atoms with Gasteiger partial charge in [0.2, 0.25) is 0 Å². The van der Waals surface area contributed by atoms with Gasteiger partial charge in [-0.25, -0.2) is 0 Å². The minimum atomic E-state index is -1.60. The summed E-state index contributed by atoms with van der Waals surface area (Å²) in [6.45, 7) is 3.28. The Morgan fingerprint density at radius 3 is 1.58 bits per heavy atom. The number of rotatable bonds is 37. The summed E-state index contributed by atoms with van der Waals surface area (Å²) in [5.74, 6) is -0.832. The molecule has 4 N–H and O–H groups in total. The highest BCUT2D eigenvalue weighted by molar-refractivity contribution is 5.70. The van der Waals surface area contributed by atoms with Crippen LogP contribution in [-0.4, -0.2) is 89.0 Å². The molecule has 0 radical (unpaired) electrons. The molecule has 6 atom stereocenters. The van der Waals surface area contributed by atoms with E-state index in [1.165, 1.54) is 64.2 Å². The van der Waals surface area contributed by atoms with Crippen molar-refractivity contribution < 1.29 is 49.0 Å². The minimum absolute atomic E-state index is 0.220. The van der Waals surface area contributed by atoms with Crippen molar-refractivity contribution in [3.63, 3.8) is 0 Å². The number of hydrogen-bond donors (Lipinski definition) is 4. The number of aliphatic hydroxyl groups is 4. The van der Waals surface area contributed by atoms with Crippen molar-refractivity contribution in [1.82, 2.24) is 0 Å². The smallest absolute Gasteiger partial charge is 0.306 e. The Labute approximate surface area is 346 Å². The second kappa shape index (κ2) is 37.9. The third kappa shape index (κ3) is 29.5. The summed E-state index contributed by atoms with van der Waals surface area (Å²) in [4.78, 5) is 25.3. The van der Waals surface area contributed by atoms with Crippen molar-refractivity contribution in [2.45, 2.75) is 218 Å². The Balaban J connectivity index is 2.34. The summed E-state index contributed by atoms with van der Waals surface area (Å²) >= 11 is 0. The third-order valence-electron chi connectivity index (χ3n) is 10.2. The zero-order valence-electron chi connectivity index (χ0n) is 35.8. The van der Waals surface area contributed by atoms with Gasteiger partial charge in [-0.15, -0.1) is 0 Å². The molecule has 1 saturated heterocycles. The van der Waals surface area contributed by atoms with Crippen LogP contribution in [0.15, 0.2) is 48.6 Å². The molecule has 1 rings (SSSR count). The summed E-state index contributed by atoms with van der Waals surface area (Å²) in [5.41, 5.74) is 0. The summed E-state index contributed by atoms with van der Waals surface area (Å²) < 4.78 is 22.1. The lowest BCUT2D eigenvalue weighted by atomic mass is 9.99. The van der Waals surface area contributed by atoms with Crippen LogP contribution in [-0.2, 0) is 28.5 Å². The molecule has 10 nitrogen and oxygen atoms in total. The number of hydrogen-bond acceptors (Lipinski definition) is 10. The van der Waals surface area contributed by atoms with E-state index in [-0.39, 0.29) is 26.1 Å². The fourth-order valence-electron chi connectivity index (χ4n) is 6.61. The molecule has 2 unspecified atom stereocenters. The van der Waals surface area contributed by atoms with E-state index < -0.39 is 55.4 Å². The molecule has 330 valence electrons. The lowest BCUT2D eigenvalue weighted by molar-refractivity contribution is -0.305. The lowest BCUT2D eigenvalue weighted by Crippen LogP contribution is -2.59. The number of unbranched alkanes of at least 4 members (excludes halogenated alkanes) is 18. The molecule has 57 heavy (non-hydrogen) atoms. The fourth-order valence-corrected chi connectivity index (χ4v) is 6.61. The van der Waals surface area contributed by atoms with Gasteiger partial charge < -0.3 is 39.4 Å². The van der Waals surface area contributed by atoms with Crippen LogP contribution in [0.25, 0.3) is 0 Å². The summed E-state index contributed by atoms with van der Waals surface area (Å²) in [5, 5.41) is 40.1. The normalized spacial score (nSPS) is 20.7. The quantitative estimate of drug-likeness (QED) is 0.0271. The van der Waals surface area contributed by atoms with Crippen molar-refractivity contribution in [3.05, 3.63) is 48.6 Å². The lowest BCUT2D eigenvalue weighted by Gasteiger charge is -2.39. The van der Waals surface area contributed by atoms with Crippen LogP contribution < -0.4 is 0 Å². The number of allylic oxidation sites excluding steroid dienone is 8. The topological polar surface area (TPSA) is 152 Å². The van der Waals surface area contributed by atoms with E-state index in [1.54, 1.807) is 0 Å². The maximum Gasteiger partial charge on any atom is 0.306 e. The molecular formula is C47H82O10. The number of esters is 2. The molecule has 1 aliphatic rings. The van der Waals surface area contributed by atoms with Gasteiger partial charge in [-0.1, -0.05) is 146 Å². The van der Waals surface area contributed by atoms with Crippen molar-refractivity contribution in [3.8, 4) is 0 Å². The Morgan fingerprint density at radius 1 is 0.561 bits per heavy atom. The van der Waals surface area contributed by atoms with Gasteiger partial charge in [-0.3, -0.25) is 9.59 Å². The standard InChI is InChI=1S/C47H82O10/c1-3-5-7-9-11-13-15-17-19-20-22-24-26-28-30-32-34-36-43(50)56-40(39-55-47-46(53)45(52)44(51)41(37-48)57-47)38-54-42(49)35-33-31-29-27-25-23-21-18-16-14-12-10-8-6-4-2/h6,8,12,14,17-19,21,40-41,44-48,51-53H,3-5,7,9-11,13,15-16,20,22-39H2,1-2H3/b8-6+,14-12+,19-17+,21-18+/t40-,41-,44+,45?,46?,47-/m1/s1. The molecule has 10 heteroatoms. The SMILES string of the molecule is CC/C=C/C/C=C/C/C=C/CCCCCCCC(=O)OC[C@H](CO[C@@H]1O[C@H](CO)[C@H](O)C(O)C1O)OC(=O)CCCCCCCCC/C=C/CCCCCCCC. The minimum Gasteiger partial charge on any atom is -0.462 e. The zero-order valence-corrected chi connectivity index (χ0v) is 35.8. The van der Waals surface area contributed by atoms with Crippen LogP contribution in [0.5, 0.6) is 0 Å². The summed E-state index contributed by atoms with van der Waals surface area (Å²) in [6.07, 6.45) is 36.8. The molecule has 0 bridgehead atoms. The third-order valence-corrected chi connectivity index (χ3v) is 10.2. The highest BCUT2D eigenvalue weighted by atomic mass is 16.7. The highest BCUT2D eigenvalue weighted by Gasteiger charge is 2.44.